The van der Waals surface area contributed by atoms with Crippen LogP contribution in [0.25, 0.3) is 0 Å². The van der Waals surface area contributed by atoms with Crippen LogP contribution in [0.3, 0.4) is 0 Å². The Hall–Kier alpha value is -0.910. The number of ether oxygens (including phenoxy) is 1. The van der Waals surface area contributed by atoms with E-state index in [-0.39, 0.29) is 11.9 Å². The van der Waals surface area contributed by atoms with Gasteiger partial charge in [0.1, 0.15) is 0 Å². The fourth-order valence-electron chi connectivity index (χ4n) is 2.01. The first kappa shape index (κ1) is 13.5. The average Bonchev–Trinajstić information content (AvgIpc) is 2.92. The number of carbonyl (C=O) groups is 1. The smallest absolute Gasteiger partial charge is 0.239 e. The van der Waals surface area contributed by atoms with Gasteiger partial charge in [0.25, 0.3) is 0 Å². The lowest BCUT2D eigenvalue weighted by Crippen LogP contribution is -2.49. The molecule has 1 aliphatic heterocycles. The molecule has 1 atom stereocenters. The lowest BCUT2D eigenvalue weighted by atomic mass is 10.2. The number of hydrogen-bond donors (Lipinski definition) is 1. The van der Waals surface area contributed by atoms with E-state index in [1.165, 1.54) is 4.88 Å². The number of nitrogens with one attached hydrogen (secondary N) is 1. The molecule has 0 aromatic carbocycles. The summed E-state index contributed by atoms with van der Waals surface area (Å²) in [5.41, 5.74) is 0. The highest BCUT2D eigenvalue weighted by atomic mass is 32.1. The van der Waals surface area contributed by atoms with Gasteiger partial charge in [-0.2, -0.15) is 0 Å². The molecule has 1 amide bonds. The van der Waals surface area contributed by atoms with Crippen LogP contribution in [0, 0.1) is 0 Å². The zero-order valence-electron chi connectivity index (χ0n) is 10.7. The minimum Gasteiger partial charge on any atom is -0.378 e. The Morgan fingerprint density at radius 3 is 3.00 bits per heavy atom. The van der Waals surface area contributed by atoms with Gasteiger partial charge in [-0.05, 0) is 24.8 Å². The maximum absolute atomic E-state index is 12.1. The van der Waals surface area contributed by atoms with E-state index < -0.39 is 0 Å². The summed E-state index contributed by atoms with van der Waals surface area (Å²) < 4.78 is 5.25. The molecular formula is C13H20N2O2S. The van der Waals surface area contributed by atoms with E-state index in [1.54, 1.807) is 11.3 Å². The highest BCUT2D eigenvalue weighted by Gasteiger charge is 2.21. The second-order valence-electron chi connectivity index (χ2n) is 4.44. The summed E-state index contributed by atoms with van der Waals surface area (Å²) in [4.78, 5) is 15.3. The Kier molecular flexibility index (Phi) is 5.16. The number of hydrogen-bond acceptors (Lipinski definition) is 4. The van der Waals surface area contributed by atoms with Gasteiger partial charge < -0.3 is 15.0 Å². The molecule has 100 valence electrons. The molecule has 5 heteroatoms. The van der Waals surface area contributed by atoms with Crippen molar-refractivity contribution in [1.82, 2.24) is 10.2 Å². The van der Waals surface area contributed by atoms with E-state index in [0.717, 1.165) is 26.1 Å². The monoisotopic (exact) mass is 268 g/mol. The maximum atomic E-state index is 12.1. The van der Waals surface area contributed by atoms with Gasteiger partial charge in [0, 0.05) is 24.5 Å². The number of morpholine rings is 1. The van der Waals surface area contributed by atoms with Crippen LogP contribution in [0.15, 0.2) is 17.5 Å². The molecule has 1 saturated heterocycles. The Labute approximate surface area is 112 Å². The zero-order valence-corrected chi connectivity index (χ0v) is 11.5. The minimum atomic E-state index is -0.108. The van der Waals surface area contributed by atoms with Crippen molar-refractivity contribution in [2.75, 3.05) is 32.8 Å². The van der Waals surface area contributed by atoms with Crippen molar-refractivity contribution in [1.29, 1.82) is 0 Å². The van der Waals surface area contributed by atoms with Crippen LogP contribution in [0.5, 0.6) is 0 Å². The lowest BCUT2D eigenvalue weighted by molar-refractivity contribution is -0.137. The summed E-state index contributed by atoms with van der Waals surface area (Å²) in [6, 6.07) is 4.08. The van der Waals surface area contributed by atoms with Crippen LogP contribution in [0.4, 0.5) is 0 Å². The van der Waals surface area contributed by atoms with Gasteiger partial charge in [0.05, 0.1) is 19.3 Å². The summed E-state index contributed by atoms with van der Waals surface area (Å²) in [5.74, 6) is 0.185. The largest absolute Gasteiger partial charge is 0.378 e. The normalized spacial score (nSPS) is 17.7. The van der Waals surface area contributed by atoms with E-state index in [4.69, 9.17) is 4.74 Å². The molecule has 0 spiro atoms. The van der Waals surface area contributed by atoms with Gasteiger partial charge >= 0.3 is 0 Å². The summed E-state index contributed by atoms with van der Waals surface area (Å²) in [7, 11) is 0. The predicted molar refractivity (Wildman–Crippen MR) is 72.9 cm³/mol. The first-order valence-electron chi connectivity index (χ1n) is 6.39. The molecule has 1 fully saturated rings. The van der Waals surface area contributed by atoms with Crippen molar-refractivity contribution in [3.8, 4) is 0 Å². The van der Waals surface area contributed by atoms with E-state index in [2.05, 4.69) is 22.8 Å². The van der Waals surface area contributed by atoms with E-state index in [1.807, 2.05) is 11.8 Å². The van der Waals surface area contributed by atoms with Crippen molar-refractivity contribution < 1.29 is 9.53 Å². The summed E-state index contributed by atoms with van der Waals surface area (Å²) >= 11 is 1.76. The topological polar surface area (TPSA) is 41.6 Å². The molecular weight excluding hydrogens is 248 g/mol. The molecule has 1 aliphatic rings. The molecule has 2 heterocycles. The van der Waals surface area contributed by atoms with Crippen molar-refractivity contribution in [2.24, 2.45) is 0 Å². The van der Waals surface area contributed by atoms with Crippen LogP contribution in [0.1, 0.15) is 11.8 Å². The summed E-state index contributed by atoms with van der Waals surface area (Å²) in [5, 5.41) is 5.37. The van der Waals surface area contributed by atoms with Crippen LogP contribution in [-0.4, -0.2) is 49.7 Å². The first-order chi connectivity index (χ1) is 8.77. The van der Waals surface area contributed by atoms with Crippen LogP contribution >= 0.6 is 11.3 Å². The second kappa shape index (κ2) is 6.87. The Bertz CT molecular complexity index is 361. The Balaban J connectivity index is 1.70. The Morgan fingerprint density at radius 2 is 2.33 bits per heavy atom. The fraction of sp³-hybridized carbons (Fsp3) is 0.615. The molecule has 0 saturated carbocycles. The quantitative estimate of drug-likeness (QED) is 0.870. The summed E-state index contributed by atoms with van der Waals surface area (Å²) in [6.45, 7) is 5.54. The van der Waals surface area contributed by atoms with Crippen molar-refractivity contribution in [3.63, 3.8) is 0 Å². The molecule has 1 N–H and O–H groups in total. The van der Waals surface area contributed by atoms with E-state index in [9.17, 15) is 4.79 Å². The Morgan fingerprint density at radius 1 is 1.56 bits per heavy atom. The maximum Gasteiger partial charge on any atom is 0.239 e. The van der Waals surface area contributed by atoms with Crippen molar-refractivity contribution >= 4 is 17.2 Å². The fourth-order valence-corrected chi connectivity index (χ4v) is 2.72. The molecule has 4 nitrogen and oxygen atoms in total. The predicted octanol–water partition coefficient (Wildman–Crippen LogP) is 1.13. The molecule has 1 unspecified atom stereocenters. The SMILES string of the molecule is CC(NCCc1cccs1)C(=O)N1CCOCC1. The van der Waals surface area contributed by atoms with Gasteiger partial charge in [-0.1, -0.05) is 6.07 Å². The number of rotatable bonds is 5. The van der Waals surface area contributed by atoms with E-state index in [0.29, 0.717) is 13.2 Å². The number of thiophene rings is 1. The van der Waals surface area contributed by atoms with E-state index >= 15 is 0 Å². The summed E-state index contributed by atoms with van der Waals surface area (Å²) in [6.07, 6.45) is 0.985. The molecule has 1 aromatic heterocycles. The van der Waals surface area contributed by atoms with Crippen LogP contribution in [-0.2, 0) is 16.0 Å². The van der Waals surface area contributed by atoms with Crippen LogP contribution in [0.2, 0.25) is 0 Å². The third kappa shape index (κ3) is 3.80. The van der Waals surface area contributed by atoms with Crippen LogP contribution < -0.4 is 5.32 Å². The number of amides is 1. The highest BCUT2D eigenvalue weighted by molar-refractivity contribution is 7.09. The number of nitrogens with zero attached hydrogens (tertiary/aromatic N) is 1. The minimum absolute atomic E-state index is 0.108. The van der Waals surface area contributed by atoms with Gasteiger partial charge in [0.2, 0.25) is 5.91 Å². The van der Waals surface area contributed by atoms with Gasteiger partial charge in [0.15, 0.2) is 0 Å². The third-order valence-corrected chi connectivity index (χ3v) is 4.03. The molecule has 0 aliphatic carbocycles. The molecule has 1 aromatic rings. The standard InChI is InChI=1S/C13H20N2O2S/c1-11(13(16)15-6-8-17-9-7-15)14-5-4-12-3-2-10-18-12/h2-3,10-11,14H,4-9H2,1H3. The van der Waals surface area contributed by atoms with Crippen molar-refractivity contribution in [3.05, 3.63) is 22.4 Å². The first-order valence-corrected chi connectivity index (χ1v) is 7.27. The number of carbonyl (C=O) groups excluding carboxylic acids is 1. The van der Waals surface area contributed by atoms with Gasteiger partial charge in [-0.25, -0.2) is 0 Å². The zero-order chi connectivity index (χ0) is 12.8. The molecule has 0 radical (unpaired) electrons. The highest BCUT2D eigenvalue weighted by Crippen LogP contribution is 2.08. The van der Waals surface area contributed by atoms with Gasteiger partial charge in [-0.15, -0.1) is 11.3 Å². The second-order valence-corrected chi connectivity index (χ2v) is 5.48. The average molecular weight is 268 g/mol. The van der Waals surface area contributed by atoms with Crippen molar-refractivity contribution in [2.45, 2.75) is 19.4 Å². The van der Waals surface area contributed by atoms with Gasteiger partial charge in [-0.3, -0.25) is 4.79 Å². The molecule has 18 heavy (non-hydrogen) atoms. The third-order valence-electron chi connectivity index (χ3n) is 3.10. The lowest BCUT2D eigenvalue weighted by Gasteiger charge is -2.29. The molecule has 0 bridgehead atoms. The molecule has 2 rings (SSSR count).